The number of hydrogen-bond acceptors (Lipinski definition) is 9. The first-order valence-electron chi connectivity index (χ1n) is 5.08. The number of carbonyl (C=O) groups is 3. The van der Waals surface area contributed by atoms with E-state index in [1.54, 1.807) is 14.1 Å². The van der Waals surface area contributed by atoms with Crippen molar-refractivity contribution in [1.82, 2.24) is 9.88 Å². The second kappa shape index (κ2) is 11.2. The monoisotopic (exact) mass is 324 g/mol. The van der Waals surface area contributed by atoms with E-state index in [1.165, 1.54) is 10.3 Å². The molecule has 0 spiro atoms. The summed E-state index contributed by atoms with van der Waals surface area (Å²) in [5.74, 6) is -2.33. The smallest absolute Gasteiger partial charge is 0.543 e. The van der Waals surface area contributed by atoms with Gasteiger partial charge >= 0.3 is 35.5 Å². The summed E-state index contributed by atoms with van der Waals surface area (Å²) in [6.07, 6.45) is 0.750. The van der Waals surface area contributed by atoms with Gasteiger partial charge in [0.05, 0.1) is 5.97 Å². The molecule has 1 aromatic rings. The molecule has 11 heteroatoms. The minimum Gasteiger partial charge on any atom is -0.543 e. The van der Waals surface area contributed by atoms with Gasteiger partial charge in [0, 0.05) is 26.4 Å². The number of rotatable bonds is 4. The van der Waals surface area contributed by atoms with Crippen LogP contribution in [0.3, 0.4) is 0 Å². The van der Waals surface area contributed by atoms with Gasteiger partial charge in [-0.15, -0.1) is 11.3 Å². The number of aliphatic carboxylic acids is 1. The Bertz CT molecular complexity index is 517. The van der Waals surface area contributed by atoms with Gasteiger partial charge in [-0.1, -0.05) is 5.16 Å². The summed E-state index contributed by atoms with van der Waals surface area (Å²) in [5.41, 5.74) is 4.73. The first-order chi connectivity index (χ1) is 9.27. The van der Waals surface area contributed by atoms with E-state index in [2.05, 4.69) is 15.0 Å². The molecule has 0 bridgehead atoms. The Labute approximate surface area is 147 Å². The van der Waals surface area contributed by atoms with Crippen molar-refractivity contribution < 1.29 is 53.9 Å². The Morgan fingerprint density at radius 3 is 2.33 bits per heavy atom. The molecule has 110 valence electrons. The molecule has 0 saturated heterocycles. The summed E-state index contributed by atoms with van der Waals surface area (Å²) in [6.45, 7) is 1.09. The van der Waals surface area contributed by atoms with E-state index in [-0.39, 0.29) is 40.4 Å². The predicted octanol–water partition coefficient (Wildman–Crippen LogP) is -4.55. The molecule has 1 amide bonds. The maximum atomic E-state index is 10.6. The van der Waals surface area contributed by atoms with Gasteiger partial charge in [-0.2, -0.15) is 0 Å². The average molecular weight is 324 g/mol. The molecule has 0 unspecified atom stereocenters. The molecule has 1 aromatic heterocycles. The van der Waals surface area contributed by atoms with Crippen molar-refractivity contribution in [2.24, 2.45) is 5.16 Å². The topological polar surface area (TPSA) is 138 Å². The summed E-state index contributed by atoms with van der Waals surface area (Å²) < 4.78 is 0. The molecule has 0 aromatic carbocycles. The molecule has 0 fully saturated rings. The van der Waals surface area contributed by atoms with E-state index in [0.717, 1.165) is 24.7 Å². The molecule has 0 radical (unpaired) electrons. The van der Waals surface area contributed by atoms with E-state index in [9.17, 15) is 19.5 Å². The quantitative estimate of drug-likeness (QED) is 0.193. The maximum Gasteiger partial charge on any atom is 1.00 e. The third-order valence-electron chi connectivity index (χ3n) is 1.43. The van der Waals surface area contributed by atoms with Crippen LogP contribution in [0.4, 0.5) is 5.13 Å². The van der Waals surface area contributed by atoms with Crippen molar-refractivity contribution in [3.05, 3.63) is 11.1 Å². The summed E-state index contributed by atoms with van der Waals surface area (Å²) in [7, 11) is 3.38. The summed E-state index contributed by atoms with van der Waals surface area (Å²) in [6, 6.07) is 0. The Hall–Kier alpha value is -1.49. The van der Waals surface area contributed by atoms with Crippen LogP contribution >= 0.6 is 11.3 Å². The number of thiazole rings is 1. The standard InChI is InChI=1S/C7H7N3O4S.C3H7NO.Na/c1-3(11)14-10-5(6(12)13)4-2-15-7(8)9-4;1-4(2)3-5;/h2H,1H3,(H2,8,9)(H,12,13);3H,1-2H3;/q;;+1/p-1. The first-order valence-corrected chi connectivity index (χ1v) is 5.96. The minimum atomic E-state index is -1.60. The molecule has 1 rings (SSSR count). The summed E-state index contributed by atoms with van der Waals surface area (Å²) in [5, 5.41) is 15.3. The third kappa shape index (κ3) is 9.96. The van der Waals surface area contributed by atoms with Crippen molar-refractivity contribution >= 4 is 40.5 Å². The number of carboxylic acid groups (broad SMARTS) is 1. The van der Waals surface area contributed by atoms with Crippen LogP contribution in [-0.2, 0) is 19.2 Å². The molecule has 9 nitrogen and oxygen atoms in total. The molecule has 0 saturated carbocycles. The molecular weight excluding hydrogens is 311 g/mol. The number of oxime groups is 1. The van der Waals surface area contributed by atoms with Crippen molar-refractivity contribution in [1.29, 1.82) is 0 Å². The zero-order valence-corrected chi connectivity index (χ0v) is 14.8. The van der Waals surface area contributed by atoms with Crippen molar-refractivity contribution in [2.45, 2.75) is 6.92 Å². The van der Waals surface area contributed by atoms with Gasteiger partial charge < -0.3 is 25.4 Å². The van der Waals surface area contributed by atoms with Crippen LogP contribution in [0.25, 0.3) is 0 Å². The van der Waals surface area contributed by atoms with Gasteiger partial charge in [0.1, 0.15) is 5.69 Å². The van der Waals surface area contributed by atoms with E-state index >= 15 is 0 Å². The number of anilines is 1. The van der Waals surface area contributed by atoms with Gasteiger partial charge in [0.25, 0.3) is 0 Å². The van der Waals surface area contributed by atoms with Crippen LogP contribution in [0.1, 0.15) is 12.6 Å². The zero-order valence-electron chi connectivity index (χ0n) is 12.0. The fraction of sp³-hybridized carbons (Fsp3) is 0.300. The number of hydrogen-bond donors (Lipinski definition) is 1. The van der Waals surface area contributed by atoms with E-state index in [1.807, 2.05) is 0 Å². The van der Waals surface area contributed by atoms with Crippen LogP contribution in [0.5, 0.6) is 0 Å². The average Bonchev–Trinajstić information content (AvgIpc) is 2.76. The van der Waals surface area contributed by atoms with Gasteiger partial charge in [-0.05, 0) is 0 Å². The number of carbonyl (C=O) groups excluding carboxylic acids is 3. The number of nitrogen functional groups attached to an aromatic ring is 1. The molecule has 2 N–H and O–H groups in total. The van der Waals surface area contributed by atoms with Crippen molar-refractivity contribution in [3.63, 3.8) is 0 Å². The number of nitrogens with zero attached hydrogens (tertiary/aromatic N) is 3. The van der Waals surface area contributed by atoms with E-state index in [0.29, 0.717) is 0 Å². The number of carboxylic acids is 1. The third-order valence-corrected chi connectivity index (χ3v) is 2.11. The van der Waals surface area contributed by atoms with E-state index in [4.69, 9.17) is 5.73 Å². The van der Waals surface area contributed by atoms with Gasteiger partial charge in [0.15, 0.2) is 10.8 Å². The Morgan fingerprint density at radius 1 is 1.52 bits per heavy atom. The molecular formula is C10H13N4NaO5S. The Kier molecular flexibility index (Phi) is 11.6. The van der Waals surface area contributed by atoms with Gasteiger partial charge in [-0.3, -0.25) is 4.79 Å². The van der Waals surface area contributed by atoms with Crippen LogP contribution in [-0.4, -0.2) is 48.0 Å². The summed E-state index contributed by atoms with van der Waals surface area (Å²) in [4.78, 5) is 39.8. The summed E-state index contributed by atoms with van der Waals surface area (Å²) >= 11 is 1.04. The van der Waals surface area contributed by atoms with Crippen molar-refractivity contribution in [3.8, 4) is 0 Å². The Morgan fingerprint density at radius 2 is 2.05 bits per heavy atom. The van der Waals surface area contributed by atoms with Crippen LogP contribution in [0.2, 0.25) is 0 Å². The SMILES string of the molecule is CC(=O)ON=C(C(=O)[O-])c1csc(N)n1.CN(C)C=O.[Na+]. The molecule has 21 heavy (non-hydrogen) atoms. The van der Waals surface area contributed by atoms with Gasteiger partial charge in [0.2, 0.25) is 6.41 Å². The van der Waals surface area contributed by atoms with Crippen LogP contribution in [0.15, 0.2) is 10.5 Å². The minimum absolute atomic E-state index is 0. The Balaban J connectivity index is 0. The zero-order chi connectivity index (χ0) is 15.7. The largest absolute Gasteiger partial charge is 1.00 e. The molecule has 0 aliphatic rings. The van der Waals surface area contributed by atoms with Crippen molar-refractivity contribution in [2.75, 3.05) is 19.8 Å². The second-order valence-electron chi connectivity index (χ2n) is 3.45. The van der Waals surface area contributed by atoms with Crippen LogP contribution in [0, 0.1) is 0 Å². The number of amides is 1. The fourth-order valence-electron chi connectivity index (χ4n) is 0.695. The van der Waals surface area contributed by atoms with Crippen LogP contribution < -0.4 is 40.4 Å². The predicted molar refractivity (Wildman–Crippen MR) is 69.6 cm³/mol. The van der Waals surface area contributed by atoms with Gasteiger partial charge in [-0.25, -0.2) is 9.78 Å². The molecule has 0 aliphatic heterocycles. The molecule has 1 heterocycles. The number of nitrogens with two attached hydrogens (primary N) is 1. The molecule has 0 atom stereocenters. The normalized spacial score (nSPS) is 9.57. The number of aromatic nitrogens is 1. The first kappa shape index (κ1) is 21.8. The second-order valence-corrected chi connectivity index (χ2v) is 4.34. The maximum absolute atomic E-state index is 10.6. The fourth-order valence-corrected chi connectivity index (χ4v) is 1.24. The molecule has 0 aliphatic carbocycles. The van der Waals surface area contributed by atoms with E-state index < -0.39 is 17.7 Å².